The number of alkyl carbamates (subject to hydrolysis) is 1. The van der Waals surface area contributed by atoms with Crippen molar-refractivity contribution >= 4 is 18.0 Å². The molecule has 0 bridgehead atoms. The Morgan fingerprint density at radius 2 is 1.45 bits per heavy atom. The number of benzene rings is 2. The molecule has 2 fully saturated rings. The summed E-state index contributed by atoms with van der Waals surface area (Å²) in [6.45, 7) is 0.213. The molecule has 2 aromatic rings. The van der Waals surface area contributed by atoms with Crippen LogP contribution in [0.5, 0.6) is 0 Å². The fourth-order valence-corrected chi connectivity index (χ4v) is 5.34. The summed E-state index contributed by atoms with van der Waals surface area (Å²) in [5, 5.41) is 15.2. The van der Waals surface area contributed by atoms with E-state index in [1.807, 2.05) is 24.3 Å². The SMILES string of the molecule is O=C(CC1(NC(=O)OCC2c3ccccc3-c3ccccc32)CC1)NC1(C(=O)O)CCCC1. The Bertz CT molecular complexity index is 1060. The number of amides is 2. The van der Waals surface area contributed by atoms with Crippen molar-refractivity contribution in [2.24, 2.45) is 0 Å². The van der Waals surface area contributed by atoms with Gasteiger partial charge in [0.15, 0.2) is 0 Å². The third kappa shape index (κ3) is 4.08. The maximum atomic E-state index is 12.6. The van der Waals surface area contributed by atoms with E-state index in [-0.39, 0.29) is 24.9 Å². The number of hydrogen-bond acceptors (Lipinski definition) is 4. The van der Waals surface area contributed by atoms with E-state index in [9.17, 15) is 19.5 Å². The molecule has 0 unspecified atom stereocenters. The molecule has 3 aliphatic carbocycles. The Morgan fingerprint density at radius 3 is 2.00 bits per heavy atom. The van der Waals surface area contributed by atoms with Gasteiger partial charge in [0.1, 0.15) is 12.1 Å². The van der Waals surface area contributed by atoms with E-state index >= 15 is 0 Å². The van der Waals surface area contributed by atoms with Gasteiger partial charge in [-0.15, -0.1) is 0 Å². The molecule has 0 spiro atoms. The average Bonchev–Trinajstić information content (AvgIpc) is 3.24. The molecule has 2 amide bonds. The molecule has 0 heterocycles. The minimum Gasteiger partial charge on any atom is -0.480 e. The molecule has 0 saturated heterocycles. The van der Waals surface area contributed by atoms with Crippen LogP contribution < -0.4 is 10.6 Å². The molecule has 0 atom stereocenters. The molecule has 0 aromatic heterocycles. The van der Waals surface area contributed by atoms with Crippen LogP contribution in [0.25, 0.3) is 11.1 Å². The molecule has 7 heteroatoms. The quantitative estimate of drug-likeness (QED) is 0.595. The summed E-state index contributed by atoms with van der Waals surface area (Å²) in [7, 11) is 0. The number of fused-ring (bicyclic) bond motifs is 3. The highest BCUT2D eigenvalue weighted by Crippen LogP contribution is 2.45. The molecule has 2 aromatic carbocycles. The molecule has 3 N–H and O–H groups in total. The number of carbonyl (C=O) groups excluding carboxylic acids is 2. The number of ether oxygens (including phenoxy) is 1. The maximum Gasteiger partial charge on any atom is 0.407 e. The predicted octanol–water partition coefficient (Wildman–Crippen LogP) is 3.96. The minimum absolute atomic E-state index is 0.0283. The molecule has 5 rings (SSSR count). The highest BCUT2D eigenvalue weighted by Gasteiger charge is 2.49. The number of nitrogens with one attached hydrogen (secondary N) is 2. The van der Waals surface area contributed by atoms with Crippen LogP contribution in [0.2, 0.25) is 0 Å². The topological polar surface area (TPSA) is 105 Å². The van der Waals surface area contributed by atoms with Crippen molar-refractivity contribution in [2.45, 2.75) is 61.9 Å². The average molecular weight is 449 g/mol. The molecular formula is C26H28N2O5. The molecule has 172 valence electrons. The molecule has 7 nitrogen and oxygen atoms in total. The summed E-state index contributed by atoms with van der Waals surface area (Å²) in [5.74, 6) is -1.35. The number of hydrogen-bond donors (Lipinski definition) is 3. The van der Waals surface area contributed by atoms with Crippen LogP contribution in [-0.2, 0) is 14.3 Å². The number of carboxylic acids is 1. The number of aliphatic carboxylic acids is 1. The first-order valence-corrected chi connectivity index (χ1v) is 11.6. The Morgan fingerprint density at radius 1 is 0.879 bits per heavy atom. The first-order valence-electron chi connectivity index (χ1n) is 11.6. The van der Waals surface area contributed by atoms with E-state index in [2.05, 4.69) is 34.9 Å². The van der Waals surface area contributed by atoms with Gasteiger partial charge in [-0.25, -0.2) is 9.59 Å². The number of rotatable bonds is 7. The van der Waals surface area contributed by atoms with Crippen LogP contribution in [0, 0.1) is 0 Å². The maximum absolute atomic E-state index is 12.6. The second-order valence-electron chi connectivity index (χ2n) is 9.55. The fraction of sp³-hybridized carbons (Fsp3) is 0.423. The molecular weight excluding hydrogens is 420 g/mol. The lowest BCUT2D eigenvalue weighted by Crippen LogP contribution is -2.54. The molecule has 33 heavy (non-hydrogen) atoms. The van der Waals surface area contributed by atoms with Gasteiger partial charge in [-0.3, -0.25) is 4.79 Å². The Labute approximate surface area is 192 Å². The zero-order chi connectivity index (χ0) is 23.1. The first-order chi connectivity index (χ1) is 15.9. The first kappa shape index (κ1) is 21.5. The van der Waals surface area contributed by atoms with Gasteiger partial charge in [-0.2, -0.15) is 0 Å². The van der Waals surface area contributed by atoms with Gasteiger partial charge in [0.05, 0.1) is 5.54 Å². The van der Waals surface area contributed by atoms with Crippen molar-refractivity contribution in [2.75, 3.05) is 6.61 Å². The van der Waals surface area contributed by atoms with Crippen molar-refractivity contribution in [3.05, 3.63) is 59.7 Å². The summed E-state index contributed by atoms with van der Waals surface area (Å²) in [6, 6.07) is 16.3. The van der Waals surface area contributed by atoms with E-state index in [0.717, 1.165) is 35.1 Å². The largest absolute Gasteiger partial charge is 0.480 e. The smallest absolute Gasteiger partial charge is 0.407 e. The normalized spacial score (nSPS) is 19.3. The fourth-order valence-electron chi connectivity index (χ4n) is 5.34. The van der Waals surface area contributed by atoms with Crippen LogP contribution in [0.3, 0.4) is 0 Å². The summed E-state index contributed by atoms with van der Waals surface area (Å²) < 4.78 is 5.61. The lowest BCUT2D eigenvalue weighted by Gasteiger charge is -2.27. The third-order valence-electron chi connectivity index (χ3n) is 7.31. The van der Waals surface area contributed by atoms with Crippen LogP contribution in [0.1, 0.15) is 62.0 Å². The van der Waals surface area contributed by atoms with Crippen LogP contribution in [0.15, 0.2) is 48.5 Å². The highest BCUT2D eigenvalue weighted by atomic mass is 16.5. The monoisotopic (exact) mass is 448 g/mol. The standard InChI is InChI=1S/C26H28N2O5/c29-22(27-26(23(30)31)11-5-6-12-26)15-25(13-14-25)28-24(32)33-16-21-19-9-3-1-7-17(19)18-8-2-4-10-20(18)21/h1-4,7-10,21H,5-6,11-16H2,(H,27,29)(H,28,32)(H,30,31). The summed E-state index contributed by atoms with van der Waals surface area (Å²) in [5.41, 5.74) is 2.79. The Balaban J connectivity index is 1.19. The zero-order valence-electron chi connectivity index (χ0n) is 18.4. The van der Waals surface area contributed by atoms with Gasteiger partial charge in [-0.1, -0.05) is 61.4 Å². The van der Waals surface area contributed by atoms with Crippen molar-refractivity contribution < 1.29 is 24.2 Å². The van der Waals surface area contributed by atoms with E-state index in [1.54, 1.807) is 0 Å². The molecule has 0 aliphatic heterocycles. The van der Waals surface area contributed by atoms with Gasteiger partial charge < -0.3 is 20.5 Å². The van der Waals surface area contributed by atoms with Crippen molar-refractivity contribution in [1.82, 2.24) is 10.6 Å². The van der Waals surface area contributed by atoms with Gasteiger partial charge in [0.2, 0.25) is 5.91 Å². The molecule has 2 saturated carbocycles. The number of carbonyl (C=O) groups is 3. The van der Waals surface area contributed by atoms with E-state index in [4.69, 9.17) is 4.74 Å². The Hall–Kier alpha value is -3.35. The lowest BCUT2D eigenvalue weighted by molar-refractivity contribution is -0.147. The highest BCUT2D eigenvalue weighted by molar-refractivity contribution is 5.88. The van der Waals surface area contributed by atoms with Crippen molar-refractivity contribution in [1.29, 1.82) is 0 Å². The van der Waals surface area contributed by atoms with Gasteiger partial charge in [-0.05, 0) is 47.9 Å². The van der Waals surface area contributed by atoms with E-state index in [0.29, 0.717) is 25.7 Å². The zero-order valence-corrected chi connectivity index (χ0v) is 18.4. The second-order valence-corrected chi connectivity index (χ2v) is 9.55. The van der Waals surface area contributed by atoms with Gasteiger partial charge >= 0.3 is 12.1 Å². The lowest BCUT2D eigenvalue weighted by atomic mass is 9.97. The second kappa shape index (κ2) is 8.21. The third-order valence-corrected chi connectivity index (χ3v) is 7.31. The molecule has 3 aliphatic rings. The Kier molecular flexibility index (Phi) is 5.35. The van der Waals surface area contributed by atoms with Crippen molar-refractivity contribution in [3.63, 3.8) is 0 Å². The van der Waals surface area contributed by atoms with Crippen LogP contribution in [-0.4, -0.2) is 40.8 Å². The predicted molar refractivity (Wildman–Crippen MR) is 122 cm³/mol. The van der Waals surface area contributed by atoms with Gasteiger partial charge in [0, 0.05) is 12.3 Å². The summed E-state index contributed by atoms with van der Waals surface area (Å²) in [6.07, 6.45) is 3.32. The molecule has 0 radical (unpaired) electrons. The van der Waals surface area contributed by atoms with Crippen LogP contribution in [0.4, 0.5) is 4.79 Å². The van der Waals surface area contributed by atoms with Gasteiger partial charge in [0.25, 0.3) is 0 Å². The van der Waals surface area contributed by atoms with Crippen molar-refractivity contribution in [3.8, 4) is 11.1 Å². The summed E-state index contributed by atoms with van der Waals surface area (Å²) >= 11 is 0. The number of carboxylic acid groups (broad SMARTS) is 1. The van der Waals surface area contributed by atoms with E-state index in [1.165, 1.54) is 0 Å². The summed E-state index contributed by atoms with van der Waals surface area (Å²) in [4.78, 5) is 36.9. The van der Waals surface area contributed by atoms with E-state index < -0.39 is 23.1 Å². The van der Waals surface area contributed by atoms with Crippen LogP contribution >= 0.6 is 0 Å². The minimum atomic E-state index is -1.17.